The van der Waals surface area contributed by atoms with Crippen molar-refractivity contribution in [2.24, 2.45) is 5.73 Å². The predicted octanol–water partition coefficient (Wildman–Crippen LogP) is -2.42. The van der Waals surface area contributed by atoms with E-state index >= 15 is 0 Å². The zero-order valence-corrected chi connectivity index (χ0v) is 17.4. The molecule has 0 aliphatic rings. The number of hydrogen-bond acceptors (Lipinski definition) is 7. The number of aliphatic hydroxyl groups is 2. The molecule has 0 aliphatic carbocycles. The number of carbonyl (C=O) groups is 4. The van der Waals surface area contributed by atoms with E-state index in [9.17, 15) is 19.2 Å². The van der Waals surface area contributed by atoms with Crippen LogP contribution < -0.4 is 21.7 Å². The van der Waals surface area contributed by atoms with Gasteiger partial charge >= 0.3 is 5.97 Å². The van der Waals surface area contributed by atoms with Gasteiger partial charge in [0.2, 0.25) is 17.7 Å². The summed E-state index contributed by atoms with van der Waals surface area (Å²) < 4.78 is 0. The van der Waals surface area contributed by atoms with E-state index in [-0.39, 0.29) is 6.42 Å². The van der Waals surface area contributed by atoms with Crippen LogP contribution >= 0.6 is 0 Å². The molecule has 0 fully saturated rings. The van der Waals surface area contributed by atoms with Crippen molar-refractivity contribution in [3.63, 3.8) is 0 Å². The third-order valence-electron chi connectivity index (χ3n) is 4.81. The quantitative estimate of drug-likeness (QED) is 0.185. The Labute approximate surface area is 183 Å². The van der Waals surface area contributed by atoms with Crippen LogP contribution in [0.3, 0.4) is 0 Å². The minimum Gasteiger partial charge on any atom is -0.480 e. The Balaban J connectivity index is 2.17. The topological polar surface area (TPSA) is 207 Å². The fourth-order valence-corrected chi connectivity index (χ4v) is 2.95. The number of aliphatic hydroxyl groups excluding tert-OH is 2. The molecule has 1 heterocycles. The highest BCUT2D eigenvalue weighted by Crippen LogP contribution is 2.19. The van der Waals surface area contributed by atoms with Crippen molar-refractivity contribution in [1.82, 2.24) is 20.9 Å². The lowest BCUT2D eigenvalue weighted by Gasteiger charge is -2.23. The van der Waals surface area contributed by atoms with Crippen molar-refractivity contribution >= 4 is 34.6 Å². The molecule has 12 heteroatoms. The van der Waals surface area contributed by atoms with Crippen molar-refractivity contribution in [3.05, 3.63) is 36.0 Å². The van der Waals surface area contributed by atoms with Crippen molar-refractivity contribution in [1.29, 1.82) is 0 Å². The molecule has 2 aromatic rings. The van der Waals surface area contributed by atoms with Crippen LogP contribution in [0.1, 0.15) is 12.5 Å². The van der Waals surface area contributed by atoms with Crippen LogP contribution in [-0.4, -0.2) is 81.4 Å². The number of nitrogens with two attached hydrogens (primary N) is 1. The maximum absolute atomic E-state index is 12.9. The van der Waals surface area contributed by atoms with Crippen molar-refractivity contribution in [2.75, 3.05) is 13.2 Å². The highest BCUT2D eigenvalue weighted by molar-refractivity contribution is 5.94. The number of fused-ring (bicyclic) bond motifs is 1. The highest BCUT2D eigenvalue weighted by atomic mass is 16.4. The Kier molecular flexibility index (Phi) is 8.70. The number of amides is 3. The highest BCUT2D eigenvalue weighted by Gasteiger charge is 2.28. The van der Waals surface area contributed by atoms with Gasteiger partial charge in [-0.3, -0.25) is 14.4 Å². The van der Waals surface area contributed by atoms with E-state index in [1.54, 1.807) is 6.20 Å². The number of nitrogens with one attached hydrogen (secondary N) is 4. The Morgan fingerprint density at radius 3 is 2.25 bits per heavy atom. The van der Waals surface area contributed by atoms with E-state index in [2.05, 4.69) is 20.9 Å². The third-order valence-corrected chi connectivity index (χ3v) is 4.81. The fourth-order valence-electron chi connectivity index (χ4n) is 2.95. The van der Waals surface area contributed by atoms with Gasteiger partial charge in [-0.1, -0.05) is 18.2 Å². The molecule has 2 rings (SSSR count). The zero-order valence-electron chi connectivity index (χ0n) is 17.4. The van der Waals surface area contributed by atoms with Gasteiger partial charge < -0.3 is 42.0 Å². The lowest BCUT2D eigenvalue weighted by Crippen LogP contribution is -2.57. The van der Waals surface area contributed by atoms with Gasteiger partial charge in [0.05, 0.1) is 13.2 Å². The molecule has 0 saturated carbocycles. The summed E-state index contributed by atoms with van der Waals surface area (Å²) in [5, 5.41) is 34.9. The van der Waals surface area contributed by atoms with Gasteiger partial charge in [0, 0.05) is 23.5 Å². The minimum atomic E-state index is -1.52. The van der Waals surface area contributed by atoms with E-state index in [1.807, 2.05) is 24.3 Å². The molecule has 1 aromatic heterocycles. The van der Waals surface area contributed by atoms with Crippen LogP contribution in [0.25, 0.3) is 10.9 Å². The monoisotopic (exact) mass is 449 g/mol. The first kappa shape index (κ1) is 24.8. The first-order chi connectivity index (χ1) is 15.2. The lowest BCUT2D eigenvalue weighted by molar-refractivity contribution is -0.143. The molecule has 0 saturated heterocycles. The predicted molar refractivity (Wildman–Crippen MR) is 113 cm³/mol. The minimum absolute atomic E-state index is 0.0580. The molecule has 1 aromatic carbocycles. The van der Waals surface area contributed by atoms with Crippen molar-refractivity contribution in [3.8, 4) is 0 Å². The molecule has 4 atom stereocenters. The molecular weight excluding hydrogens is 422 g/mol. The van der Waals surface area contributed by atoms with Crippen molar-refractivity contribution in [2.45, 2.75) is 37.5 Å². The summed E-state index contributed by atoms with van der Waals surface area (Å²) in [6.45, 7) is -0.114. The smallest absolute Gasteiger partial charge is 0.328 e. The van der Waals surface area contributed by atoms with Crippen LogP contribution in [0.5, 0.6) is 0 Å². The standard InChI is InChI=1S/C20H27N5O7/c1-10(17(28)25-16(9-27)20(31)32)23-19(30)15(24-18(29)13(21)8-26)6-11-7-22-14-5-3-2-4-12(11)14/h2-5,7,10,13,15-16,22,26-27H,6,8-9,21H2,1H3,(H,23,30)(H,24,29)(H,25,28)(H,31,32). The second-order valence-electron chi connectivity index (χ2n) is 7.23. The number of aromatic amines is 1. The number of aliphatic carboxylic acids is 1. The average Bonchev–Trinajstić information content (AvgIpc) is 3.18. The fraction of sp³-hybridized carbons (Fsp3) is 0.400. The molecule has 0 bridgehead atoms. The molecule has 3 amide bonds. The van der Waals surface area contributed by atoms with Crippen molar-refractivity contribution < 1.29 is 34.5 Å². The van der Waals surface area contributed by atoms with Crippen LogP contribution in [-0.2, 0) is 25.6 Å². The number of para-hydroxylation sites is 1. The lowest BCUT2D eigenvalue weighted by atomic mass is 10.0. The zero-order chi connectivity index (χ0) is 23.8. The van der Waals surface area contributed by atoms with E-state index in [4.69, 9.17) is 21.1 Å². The van der Waals surface area contributed by atoms with Crippen LogP contribution in [0, 0.1) is 0 Å². The van der Waals surface area contributed by atoms with Gasteiger partial charge in [0.1, 0.15) is 24.2 Å². The summed E-state index contributed by atoms with van der Waals surface area (Å²) in [5.41, 5.74) is 7.09. The number of aromatic nitrogens is 1. The van der Waals surface area contributed by atoms with Gasteiger partial charge in [-0.05, 0) is 18.6 Å². The molecule has 32 heavy (non-hydrogen) atoms. The summed E-state index contributed by atoms with van der Waals surface area (Å²) in [6.07, 6.45) is 1.75. The van der Waals surface area contributed by atoms with E-state index in [0.29, 0.717) is 0 Å². The normalized spacial score (nSPS) is 14.8. The maximum Gasteiger partial charge on any atom is 0.328 e. The first-order valence-electron chi connectivity index (χ1n) is 9.84. The molecule has 9 N–H and O–H groups in total. The third kappa shape index (κ3) is 6.26. The molecule has 0 spiro atoms. The average molecular weight is 449 g/mol. The number of carboxylic acids is 1. The Morgan fingerprint density at radius 2 is 1.62 bits per heavy atom. The summed E-state index contributed by atoms with van der Waals surface area (Å²) >= 11 is 0. The van der Waals surface area contributed by atoms with Gasteiger partial charge in [-0.2, -0.15) is 0 Å². The van der Waals surface area contributed by atoms with E-state index in [0.717, 1.165) is 16.5 Å². The first-order valence-corrected chi connectivity index (χ1v) is 9.84. The molecule has 12 nitrogen and oxygen atoms in total. The number of benzene rings is 1. The van der Waals surface area contributed by atoms with Crippen LogP contribution in [0.4, 0.5) is 0 Å². The summed E-state index contributed by atoms with van der Waals surface area (Å²) in [4.78, 5) is 51.3. The largest absolute Gasteiger partial charge is 0.480 e. The number of hydrogen-bond donors (Lipinski definition) is 8. The Morgan fingerprint density at radius 1 is 0.969 bits per heavy atom. The van der Waals surface area contributed by atoms with Gasteiger partial charge in [0.15, 0.2) is 0 Å². The Hall–Kier alpha value is -3.48. The number of rotatable bonds is 11. The molecule has 174 valence electrons. The maximum atomic E-state index is 12.9. The van der Waals surface area contributed by atoms with E-state index < -0.39 is 61.1 Å². The van der Waals surface area contributed by atoms with E-state index in [1.165, 1.54) is 6.92 Å². The van der Waals surface area contributed by atoms with Gasteiger partial charge in [0.25, 0.3) is 0 Å². The van der Waals surface area contributed by atoms with Gasteiger partial charge in [-0.25, -0.2) is 4.79 Å². The van der Waals surface area contributed by atoms with Gasteiger partial charge in [-0.15, -0.1) is 0 Å². The number of carbonyl (C=O) groups excluding carboxylic acids is 3. The molecule has 4 unspecified atom stereocenters. The summed E-state index contributed by atoms with van der Waals surface area (Å²) in [6, 6.07) is 2.29. The number of H-pyrrole nitrogens is 1. The second-order valence-corrected chi connectivity index (χ2v) is 7.23. The number of carboxylic acid groups (broad SMARTS) is 1. The van der Waals surface area contributed by atoms with Crippen LogP contribution in [0.2, 0.25) is 0 Å². The SMILES string of the molecule is CC(NC(=O)C(Cc1c[nH]c2ccccc12)NC(=O)C(N)CO)C(=O)NC(CO)C(=O)O. The Bertz CT molecular complexity index is 976. The van der Waals surface area contributed by atoms with Crippen LogP contribution in [0.15, 0.2) is 30.5 Å². The summed E-state index contributed by atoms with van der Waals surface area (Å²) in [5.74, 6) is -3.73. The second kappa shape index (κ2) is 11.2. The molecule has 0 radical (unpaired) electrons. The molecule has 0 aliphatic heterocycles. The molecular formula is C20H27N5O7. The summed E-state index contributed by atoms with van der Waals surface area (Å²) in [7, 11) is 0.